The quantitative estimate of drug-likeness (QED) is 0.321. The Kier molecular flexibility index (Phi) is 9.03. The number of ether oxygens (including phenoxy) is 4. The second kappa shape index (κ2) is 12.3. The van der Waals surface area contributed by atoms with Crippen LogP contribution in [0.5, 0.6) is 17.4 Å². The normalized spacial score (nSPS) is 13.5. The predicted octanol–water partition coefficient (Wildman–Crippen LogP) is 5.06. The van der Waals surface area contributed by atoms with Crippen molar-refractivity contribution >= 4 is 27.9 Å². The van der Waals surface area contributed by atoms with Crippen molar-refractivity contribution in [3.05, 3.63) is 82.0 Å². The number of benzene rings is 2. The summed E-state index contributed by atoms with van der Waals surface area (Å²) < 4.78 is 88.5. The lowest BCUT2D eigenvalue weighted by molar-refractivity contribution is -0.137. The molecule has 0 fully saturated rings. The van der Waals surface area contributed by atoms with Crippen LogP contribution in [0.2, 0.25) is 5.02 Å². The number of nitrogens with one attached hydrogen (secondary N) is 1. The minimum Gasteiger partial charge on any atom is -0.491 e. The van der Waals surface area contributed by atoms with E-state index in [0.717, 1.165) is 15.4 Å². The lowest BCUT2D eigenvalue weighted by atomic mass is 10.1. The first-order chi connectivity index (χ1) is 19.0. The van der Waals surface area contributed by atoms with Gasteiger partial charge in [0.05, 0.1) is 12.2 Å². The van der Waals surface area contributed by atoms with E-state index in [2.05, 4.69) is 4.98 Å². The van der Waals surface area contributed by atoms with Gasteiger partial charge < -0.3 is 18.9 Å². The van der Waals surface area contributed by atoms with Gasteiger partial charge in [-0.05, 0) is 29.3 Å². The molecule has 3 aromatic rings. The number of carbonyl (C=O) groups excluding carboxylic acids is 1. The van der Waals surface area contributed by atoms with Crippen LogP contribution in [0.3, 0.4) is 0 Å². The maximum Gasteiger partial charge on any atom is 0.422 e. The van der Waals surface area contributed by atoms with Gasteiger partial charge in [-0.25, -0.2) is 14.5 Å². The molecular formula is C25H23ClF3N3O7S. The zero-order chi connectivity index (χ0) is 28.9. The van der Waals surface area contributed by atoms with Crippen LogP contribution >= 0.6 is 11.6 Å². The van der Waals surface area contributed by atoms with E-state index in [-0.39, 0.29) is 43.5 Å². The van der Waals surface area contributed by atoms with E-state index in [1.54, 1.807) is 24.3 Å². The molecule has 4 rings (SSSR count). The summed E-state index contributed by atoms with van der Waals surface area (Å²) in [4.78, 5) is 16.1. The summed E-state index contributed by atoms with van der Waals surface area (Å²) >= 11 is 5.97. The number of aromatic nitrogens is 1. The van der Waals surface area contributed by atoms with Gasteiger partial charge in [0.15, 0.2) is 0 Å². The van der Waals surface area contributed by atoms with Gasteiger partial charge in [0.2, 0.25) is 5.88 Å². The Morgan fingerprint density at radius 1 is 1.10 bits per heavy atom. The van der Waals surface area contributed by atoms with Crippen molar-refractivity contribution in [1.29, 1.82) is 0 Å². The number of hydrogen-bond donors (Lipinski definition) is 1. The molecule has 1 amide bonds. The molecule has 1 aliphatic heterocycles. The molecule has 40 heavy (non-hydrogen) atoms. The highest BCUT2D eigenvalue weighted by atomic mass is 35.5. The van der Waals surface area contributed by atoms with Crippen LogP contribution in [0.25, 0.3) is 0 Å². The molecule has 15 heteroatoms. The summed E-state index contributed by atoms with van der Waals surface area (Å²) in [7, 11) is -2.71. The standard InChI is InChI=1S/C25H23ClF3N3O7S/c1-36-8-9-37-20-7-6-18(22(11-20)39-23-21(26)10-19(12-30-23)25(27,28)29)15-38-24(33)31-40(34,35)32-13-16-4-2-3-5-17(16)14-32/h2-7,10-12H,8-9,13-15H2,1H3,(H,31,33). The molecule has 1 N–H and O–H groups in total. The average Bonchev–Trinajstić information content (AvgIpc) is 3.34. The predicted molar refractivity (Wildman–Crippen MR) is 136 cm³/mol. The minimum absolute atomic E-state index is 0.00488. The molecule has 1 aliphatic rings. The SMILES string of the molecule is COCCOc1ccc(COC(=O)NS(=O)(=O)N2Cc3ccccc3C2)c(Oc2ncc(C(F)(F)F)cc2Cl)c1. The van der Waals surface area contributed by atoms with Crippen molar-refractivity contribution in [2.45, 2.75) is 25.9 Å². The van der Waals surface area contributed by atoms with Gasteiger partial charge in [-0.2, -0.15) is 25.9 Å². The molecule has 0 saturated carbocycles. The van der Waals surface area contributed by atoms with Gasteiger partial charge >= 0.3 is 22.5 Å². The minimum atomic E-state index is -4.66. The topological polar surface area (TPSA) is 116 Å². The van der Waals surface area contributed by atoms with Crippen molar-refractivity contribution in [2.75, 3.05) is 20.3 Å². The molecule has 0 saturated heterocycles. The summed E-state index contributed by atoms with van der Waals surface area (Å²) in [5.74, 6) is -0.0419. The van der Waals surface area contributed by atoms with Crippen molar-refractivity contribution in [3.8, 4) is 17.4 Å². The van der Waals surface area contributed by atoms with Crippen LogP contribution in [-0.2, 0) is 45.6 Å². The van der Waals surface area contributed by atoms with Gasteiger partial charge in [-0.1, -0.05) is 35.9 Å². The number of nitrogens with zero attached hydrogens (tertiary/aromatic N) is 2. The summed E-state index contributed by atoms with van der Waals surface area (Å²) in [6, 6.07) is 12.2. The molecular weight excluding hydrogens is 579 g/mol. The van der Waals surface area contributed by atoms with E-state index in [0.29, 0.717) is 18.0 Å². The highest BCUT2D eigenvalue weighted by molar-refractivity contribution is 7.87. The zero-order valence-corrected chi connectivity index (χ0v) is 22.5. The number of fused-ring (bicyclic) bond motifs is 1. The van der Waals surface area contributed by atoms with Gasteiger partial charge in [-0.15, -0.1) is 0 Å². The van der Waals surface area contributed by atoms with E-state index >= 15 is 0 Å². The van der Waals surface area contributed by atoms with E-state index in [4.69, 9.17) is 30.5 Å². The van der Waals surface area contributed by atoms with Gasteiger partial charge in [-0.3, -0.25) is 0 Å². The number of methoxy groups -OCH3 is 1. The molecule has 0 unspecified atom stereocenters. The van der Waals surface area contributed by atoms with E-state index in [9.17, 15) is 26.4 Å². The second-order valence-corrected chi connectivity index (χ2v) is 10.5. The number of pyridine rings is 1. The molecule has 0 atom stereocenters. The fraction of sp³-hybridized carbons (Fsp3) is 0.280. The third kappa shape index (κ3) is 7.33. The molecule has 2 heterocycles. The summed E-state index contributed by atoms with van der Waals surface area (Å²) in [5, 5.41) is -0.414. The van der Waals surface area contributed by atoms with Crippen LogP contribution < -0.4 is 14.2 Å². The summed E-state index contributed by atoms with van der Waals surface area (Å²) in [6.45, 7) is 0.202. The van der Waals surface area contributed by atoms with Crippen molar-refractivity contribution in [1.82, 2.24) is 14.0 Å². The fourth-order valence-corrected chi connectivity index (χ4v) is 4.88. The zero-order valence-electron chi connectivity index (χ0n) is 20.9. The molecule has 0 bridgehead atoms. The lowest BCUT2D eigenvalue weighted by Gasteiger charge is -2.17. The van der Waals surface area contributed by atoms with Gasteiger partial charge in [0, 0.05) is 38.0 Å². The Balaban J connectivity index is 1.47. The number of amides is 1. The maximum absolute atomic E-state index is 13.0. The first kappa shape index (κ1) is 29.4. The van der Waals surface area contributed by atoms with E-state index in [1.807, 2.05) is 4.72 Å². The lowest BCUT2D eigenvalue weighted by Crippen LogP contribution is -2.41. The van der Waals surface area contributed by atoms with Crippen LogP contribution in [0.1, 0.15) is 22.3 Å². The first-order valence-corrected chi connectivity index (χ1v) is 13.4. The number of hydrogen-bond acceptors (Lipinski definition) is 8. The first-order valence-electron chi connectivity index (χ1n) is 11.6. The summed E-state index contributed by atoms with van der Waals surface area (Å²) in [6.07, 6.45) is -5.34. The second-order valence-electron chi connectivity index (χ2n) is 8.44. The monoisotopic (exact) mass is 601 g/mol. The highest BCUT2D eigenvalue weighted by Crippen LogP contribution is 2.36. The average molecular weight is 602 g/mol. The number of halogens is 4. The smallest absolute Gasteiger partial charge is 0.422 e. The molecule has 0 radical (unpaired) electrons. The van der Waals surface area contributed by atoms with Crippen molar-refractivity contribution in [3.63, 3.8) is 0 Å². The molecule has 0 aliphatic carbocycles. The molecule has 10 nitrogen and oxygen atoms in total. The van der Waals surface area contributed by atoms with Crippen LogP contribution in [-0.4, -0.2) is 44.1 Å². The molecule has 0 spiro atoms. The van der Waals surface area contributed by atoms with Crippen molar-refractivity contribution < 1.29 is 45.3 Å². The largest absolute Gasteiger partial charge is 0.491 e. The van der Waals surface area contributed by atoms with Crippen LogP contribution in [0.15, 0.2) is 54.7 Å². The third-order valence-electron chi connectivity index (χ3n) is 5.66. The van der Waals surface area contributed by atoms with Crippen molar-refractivity contribution in [2.24, 2.45) is 0 Å². The number of alkyl halides is 3. The van der Waals surface area contributed by atoms with E-state index in [1.165, 1.54) is 25.3 Å². The Hall–Kier alpha value is -3.59. The molecule has 1 aromatic heterocycles. The molecule has 2 aromatic carbocycles. The third-order valence-corrected chi connectivity index (χ3v) is 7.29. The number of carbonyl (C=O) groups is 1. The Morgan fingerprint density at radius 2 is 1.80 bits per heavy atom. The summed E-state index contributed by atoms with van der Waals surface area (Å²) in [5.41, 5.74) is 0.805. The fourth-order valence-electron chi connectivity index (χ4n) is 3.66. The van der Waals surface area contributed by atoms with Crippen LogP contribution in [0, 0.1) is 0 Å². The van der Waals surface area contributed by atoms with Gasteiger partial charge in [0.1, 0.15) is 29.7 Å². The Labute approximate surface area is 232 Å². The maximum atomic E-state index is 13.0. The Morgan fingerprint density at radius 3 is 2.42 bits per heavy atom. The van der Waals surface area contributed by atoms with Crippen LogP contribution in [0.4, 0.5) is 18.0 Å². The Bertz CT molecular complexity index is 1460. The molecule has 214 valence electrons. The van der Waals surface area contributed by atoms with E-state index < -0.39 is 39.7 Å². The highest BCUT2D eigenvalue weighted by Gasteiger charge is 2.32. The number of rotatable bonds is 10. The van der Waals surface area contributed by atoms with Gasteiger partial charge in [0.25, 0.3) is 0 Å².